The lowest BCUT2D eigenvalue weighted by molar-refractivity contribution is 0.0551. The summed E-state index contributed by atoms with van der Waals surface area (Å²) >= 11 is 0. The smallest absolute Gasteiger partial charge is 0.213 e. The van der Waals surface area contributed by atoms with E-state index >= 15 is 0 Å². The van der Waals surface area contributed by atoms with Crippen LogP contribution in [0.25, 0.3) is 17.3 Å². The van der Waals surface area contributed by atoms with Crippen molar-refractivity contribution in [2.75, 3.05) is 15.2 Å². The molecule has 3 heterocycles. The van der Waals surface area contributed by atoms with Gasteiger partial charge in [-0.25, -0.2) is 15.2 Å². The van der Waals surface area contributed by atoms with Gasteiger partial charge in [0, 0.05) is 17.4 Å². The summed E-state index contributed by atoms with van der Waals surface area (Å²) in [6.45, 7) is 0. The van der Waals surface area contributed by atoms with Crippen LogP contribution in [0.3, 0.4) is 0 Å². The Morgan fingerprint density at radius 2 is 0.436 bits per heavy atom. The molecule has 55 heavy (non-hydrogen) atoms. The first-order valence-corrected chi connectivity index (χ1v) is 13.7. The van der Waals surface area contributed by atoms with Crippen molar-refractivity contribution in [2.24, 2.45) is 0 Å². The number of hydrogen-bond donors (Lipinski definition) is 24. The maximum Gasteiger partial charge on any atom is 0.213 e. The summed E-state index contributed by atoms with van der Waals surface area (Å²) in [5.41, 5.74) is -4.55. The molecular weight excluding hydrogens is 777 g/mol. The molecule has 0 bridgehead atoms. The van der Waals surface area contributed by atoms with Crippen molar-refractivity contribution in [1.29, 1.82) is 0 Å². The van der Waals surface area contributed by atoms with E-state index in [2.05, 4.69) is 0 Å². The van der Waals surface area contributed by atoms with Gasteiger partial charge < -0.3 is 107 Å². The molecule has 0 amide bonds. The quantitative estimate of drug-likeness (QED) is 0.0742. The van der Waals surface area contributed by atoms with Gasteiger partial charge in [-0.3, -0.25) is 15.6 Å². The summed E-state index contributed by atoms with van der Waals surface area (Å²) in [6.07, 6.45) is -6.31. The minimum absolute atomic E-state index is 0. The topological polar surface area (TPSA) is 495 Å². The summed E-state index contributed by atoms with van der Waals surface area (Å²) in [5, 5.41) is 225. The van der Waals surface area contributed by atoms with Gasteiger partial charge in [0.2, 0.25) is 53.2 Å². The van der Waals surface area contributed by atoms with Crippen LogP contribution in [0.4, 0.5) is 17.1 Å². The minimum Gasteiger partial charge on any atom is -0.505 e. The van der Waals surface area contributed by atoms with E-state index in [4.69, 9.17) is 0 Å². The standard InChI is InChI=1S/3C9H9NO8.Al/c3*11-3-1-2(5(13)7(15)6(3)14)10(18)9(17)8(16)4(1)12;/h3*9,11-18H;. The van der Waals surface area contributed by atoms with E-state index in [9.17, 15) is 123 Å². The minimum atomic E-state index is -2.10. The predicted molar refractivity (Wildman–Crippen MR) is 172 cm³/mol. The van der Waals surface area contributed by atoms with Crippen LogP contribution in [0.1, 0.15) is 16.7 Å². The molecule has 24 N–H and O–H groups in total. The summed E-state index contributed by atoms with van der Waals surface area (Å²) in [7, 11) is 0. The molecule has 0 saturated carbocycles. The Balaban J connectivity index is 0.000000220. The first kappa shape index (κ1) is 42.4. The van der Waals surface area contributed by atoms with Gasteiger partial charge in [0.15, 0.2) is 69.1 Å². The highest BCUT2D eigenvalue weighted by Crippen LogP contribution is 2.57. The Morgan fingerprint density at radius 1 is 0.273 bits per heavy atom. The zero-order chi connectivity index (χ0) is 41.3. The molecule has 3 aliphatic rings. The predicted octanol–water partition coefficient (Wildman–Crippen LogP) is -0.917. The van der Waals surface area contributed by atoms with Crippen LogP contribution in [0, 0.1) is 0 Å². The highest BCUT2D eigenvalue weighted by molar-refractivity contribution is 5.91. The average molecular weight is 804 g/mol. The fourth-order valence-corrected chi connectivity index (χ4v) is 4.86. The van der Waals surface area contributed by atoms with Crippen molar-refractivity contribution < 1.29 is 123 Å². The fraction of sp³-hybridized carbons (Fsp3) is 0.111. The lowest BCUT2D eigenvalue weighted by Crippen LogP contribution is -2.37. The Morgan fingerprint density at radius 3 is 0.618 bits per heavy atom. The maximum absolute atomic E-state index is 9.51. The normalized spacial score (nSPS) is 18.7. The SMILES string of the molecule is OC1=C(O)C(O)N(O)c2c(O)c(O)c(O)c(O)c21.OC1=C(O)C(O)N(O)c2c(O)c(O)c(O)c(O)c21.OC1=C(O)C(O)N(O)c2c(O)c(O)c(O)c(O)c21.[Al]. The number of hydroxylamine groups is 3. The van der Waals surface area contributed by atoms with Crippen LogP contribution >= 0.6 is 0 Å². The van der Waals surface area contributed by atoms with E-state index in [1.165, 1.54) is 0 Å². The average Bonchev–Trinajstić information content (AvgIpc) is 3.14. The van der Waals surface area contributed by atoms with Crippen molar-refractivity contribution in [3.8, 4) is 69.0 Å². The van der Waals surface area contributed by atoms with Gasteiger partial charge in [-0.15, -0.1) is 0 Å². The largest absolute Gasteiger partial charge is 0.505 e. The molecule has 3 radical (unpaired) electrons. The number of phenols is 12. The Labute approximate surface area is 311 Å². The Bertz CT molecular complexity index is 1950. The first-order chi connectivity index (χ1) is 24.9. The molecule has 3 atom stereocenters. The van der Waals surface area contributed by atoms with Crippen LogP contribution in [-0.4, -0.2) is 159 Å². The van der Waals surface area contributed by atoms with Crippen molar-refractivity contribution in [3.63, 3.8) is 0 Å². The van der Waals surface area contributed by atoms with Crippen molar-refractivity contribution in [2.45, 2.75) is 18.7 Å². The lowest BCUT2D eigenvalue weighted by Gasteiger charge is -2.30. The molecule has 3 unspecified atom stereocenters. The van der Waals surface area contributed by atoms with Gasteiger partial charge in [-0.05, 0) is 0 Å². The second kappa shape index (κ2) is 14.4. The van der Waals surface area contributed by atoms with E-state index in [-0.39, 0.29) is 32.6 Å². The van der Waals surface area contributed by atoms with Gasteiger partial charge >= 0.3 is 0 Å². The zero-order valence-electron chi connectivity index (χ0n) is 26.4. The summed E-state index contributed by atoms with van der Waals surface area (Å²) < 4.78 is 0. The fourth-order valence-electron chi connectivity index (χ4n) is 4.86. The van der Waals surface area contributed by atoms with Gasteiger partial charge in [0.05, 0.1) is 16.7 Å². The number of nitrogens with zero attached hydrogens (tertiary/aromatic N) is 3. The van der Waals surface area contributed by atoms with Gasteiger partial charge in [0.25, 0.3) is 0 Å². The van der Waals surface area contributed by atoms with Crippen LogP contribution in [0.5, 0.6) is 69.0 Å². The number of anilines is 3. The molecule has 297 valence electrons. The van der Waals surface area contributed by atoms with Crippen LogP contribution in [0.15, 0.2) is 17.3 Å². The molecule has 3 aromatic carbocycles. The molecule has 6 rings (SSSR count). The van der Waals surface area contributed by atoms with Crippen molar-refractivity contribution >= 4 is 51.7 Å². The number of aromatic hydroxyl groups is 12. The zero-order valence-corrected chi connectivity index (χ0v) is 27.5. The molecule has 0 aliphatic carbocycles. The number of aliphatic hydroxyl groups excluding tert-OH is 9. The molecular formula is C27H27AlN3O24. The molecule has 0 fully saturated rings. The number of benzene rings is 3. The van der Waals surface area contributed by atoms with Gasteiger partial charge in [-0.1, -0.05) is 0 Å². The molecule has 28 heteroatoms. The lowest BCUT2D eigenvalue weighted by atomic mass is 10.0. The molecule has 3 aromatic rings. The molecule has 0 saturated heterocycles. The van der Waals surface area contributed by atoms with Crippen LogP contribution in [-0.2, 0) is 0 Å². The molecule has 0 aromatic heterocycles. The second-order valence-electron chi connectivity index (χ2n) is 10.7. The third-order valence-corrected chi connectivity index (χ3v) is 7.67. The maximum atomic E-state index is 9.51. The van der Waals surface area contributed by atoms with E-state index in [0.717, 1.165) is 0 Å². The van der Waals surface area contributed by atoms with Crippen molar-refractivity contribution in [3.05, 3.63) is 34.0 Å². The van der Waals surface area contributed by atoms with E-state index in [0.29, 0.717) is 0 Å². The van der Waals surface area contributed by atoms with E-state index in [1.54, 1.807) is 0 Å². The van der Waals surface area contributed by atoms with E-state index < -0.39 is 156 Å². The van der Waals surface area contributed by atoms with Gasteiger partial charge in [-0.2, -0.15) is 0 Å². The highest BCUT2D eigenvalue weighted by atomic mass is 27.0. The van der Waals surface area contributed by atoms with E-state index in [1.807, 2.05) is 0 Å². The summed E-state index contributed by atoms with van der Waals surface area (Å²) in [4.78, 5) is 0. The number of phenolic OH excluding ortho intramolecular Hbond substituents is 12. The third kappa shape index (κ3) is 6.08. The number of fused-ring (bicyclic) bond motifs is 3. The summed E-state index contributed by atoms with van der Waals surface area (Å²) in [5.74, 6) is -20.0. The third-order valence-electron chi connectivity index (χ3n) is 7.67. The summed E-state index contributed by atoms with van der Waals surface area (Å²) in [6, 6.07) is 0. The molecule has 3 aliphatic heterocycles. The molecule has 27 nitrogen and oxygen atoms in total. The Hall–Kier alpha value is -7.03. The number of hydrogen-bond acceptors (Lipinski definition) is 27. The van der Waals surface area contributed by atoms with Crippen LogP contribution < -0.4 is 15.2 Å². The Kier molecular flexibility index (Phi) is 11.1. The number of aliphatic hydroxyl groups is 9. The number of rotatable bonds is 0. The molecule has 0 spiro atoms. The highest BCUT2D eigenvalue weighted by Gasteiger charge is 2.41. The van der Waals surface area contributed by atoms with Crippen molar-refractivity contribution in [1.82, 2.24) is 0 Å². The first-order valence-electron chi connectivity index (χ1n) is 13.7. The van der Waals surface area contributed by atoms with Crippen LogP contribution in [0.2, 0.25) is 0 Å². The monoisotopic (exact) mass is 804 g/mol. The second-order valence-corrected chi connectivity index (χ2v) is 10.7. The van der Waals surface area contributed by atoms with Gasteiger partial charge in [0.1, 0.15) is 17.1 Å².